The summed E-state index contributed by atoms with van der Waals surface area (Å²) >= 11 is 0. The molecule has 2 N–H and O–H groups in total. The molecule has 0 aliphatic heterocycles. The van der Waals surface area contributed by atoms with Crippen molar-refractivity contribution in [3.63, 3.8) is 0 Å². The third kappa shape index (κ3) is 4.30. The van der Waals surface area contributed by atoms with Crippen LogP contribution in [0.25, 0.3) is 0 Å². The Morgan fingerprint density at radius 3 is 2.40 bits per heavy atom. The molecule has 2 rings (SSSR count). The topological polar surface area (TPSA) is 35.5 Å². The van der Waals surface area contributed by atoms with Gasteiger partial charge in [-0.05, 0) is 52.3 Å². The van der Waals surface area contributed by atoms with Crippen LogP contribution in [0.1, 0.15) is 36.8 Å². The molecule has 20 heavy (non-hydrogen) atoms. The molecule has 1 fully saturated rings. The minimum Gasteiger partial charge on any atom is -0.388 e. The highest BCUT2D eigenvalue weighted by Crippen LogP contribution is 2.36. The third-order valence-electron chi connectivity index (χ3n) is 4.12. The van der Waals surface area contributed by atoms with Crippen LogP contribution in [0.15, 0.2) is 24.3 Å². The molecule has 1 aliphatic rings. The van der Waals surface area contributed by atoms with Crippen LogP contribution in [0.2, 0.25) is 0 Å². The zero-order valence-electron chi connectivity index (χ0n) is 13.2. The molecule has 1 aromatic carbocycles. The van der Waals surface area contributed by atoms with Crippen LogP contribution in [0.5, 0.6) is 0 Å². The second-order valence-electron chi connectivity index (χ2n) is 6.89. The molecular weight excluding hydrogens is 248 g/mol. The molecule has 112 valence electrons. The van der Waals surface area contributed by atoms with Crippen LogP contribution in [-0.2, 0) is 0 Å². The highest BCUT2D eigenvalue weighted by Gasteiger charge is 2.31. The predicted molar refractivity (Wildman–Crippen MR) is 84.1 cm³/mol. The summed E-state index contributed by atoms with van der Waals surface area (Å²) in [5, 5.41) is 13.8. The summed E-state index contributed by atoms with van der Waals surface area (Å²) in [7, 11) is 3.98. The van der Waals surface area contributed by atoms with Crippen LogP contribution in [0, 0.1) is 6.92 Å². The Morgan fingerprint density at radius 2 is 1.85 bits per heavy atom. The zero-order valence-corrected chi connectivity index (χ0v) is 13.2. The third-order valence-corrected chi connectivity index (χ3v) is 4.12. The Labute approximate surface area is 123 Å². The van der Waals surface area contributed by atoms with E-state index in [2.05, 4.69) is 36.5 Å². The summed E-state index contributed by atoms with van der Waals surface area (Å²) in [4.78, 5) is 2.03. The van der Waals surface area contributed by atoms with Crippen molar-refractivity contribution in [1.29, 1.82) is 0 Å². The van der Waals surface area contributed by atoms with Gasteiger partial charge in [-0.3, -0.25) is 0 Å². The summed E-state index contributed by atoms with van der Waals surface area (Å²) < 4.78 is 0. The average Bonchev–Trinajstić information content (AvgIpc) is 2.27. The minimum atomic E-state index is -0.654. The summed E-state index contributed by atoms with van der Waals surface area (Å²) in [6, 6.07) is 9.43. The van der Waals surface area contributed by atoms with E-state index in [1.54, 1.807) is 0 Å². The molecule has 1 aromatic rings. The van der Waals surface area contributed by atoms with Gasteiger partial charge in [0.15, 0.2) is 0 Å². The number of nitrogens with zero attached hydrogens (tertiary/aromatic N) is 1. The fraction of sp³-hybridized carbons (Fsp3) is 0.647. The van der Waals surface area contributed by atoms with E-state index < -0.39 is 5.60 Å². The number of aryl methyl sites for hydroxylation is 1. The van der Waals surface area contributed by atoms with Crippen LogP contribution in [-0.4, -0.2) is 48.8 Å². The normalized spacial score (nSPS) is 25.3. The number of rotatable bonds is 6. The highest BCUT2D eigenvalue weighted by molar-refractivity contribution is 5.26. The van der Waals surface area contributed by atoms with E-state index in [0.29, 0.717) is 25.0 Å². The van der Waals surface area contributed by atoms with Crippen LogP contribution in [0.3, 0.4) is 0 Å². The monoisotopic (exact) mass is 276 g/mol. The number of nitrogens with one attached hydrogen (secondary N) is 1. The number of aliphatic hydroxyl groups is 1. The molecule has 0 radical (unpaired) electrons. The molecule has 1 aliphatic carbocycles. The molecule has 1 saturated carbocycles. The lowest BCUT2D eigenvalue weighted by Gasteiger charge is -2.38. The number of benzene rings is 1. The van der Waals surface area contributed by atoms with Gasteiger partial charge in [-0.25, -0.2) is 0 Å². The molecule has 1 atom stereocenters. The first-order valence-electron chi connectivity index (χ1n) is 7.53. The number of hydrogen-bond donors (Lipinski definition) is 2. The van der Waals surface area contributed by atoms with Crippen LogP contribution in [0.4, 0.5) is 0 Å². The first kappa shape index (κ1) is 15.5. The van der Waals surface area contributed by atoms with E-state index in [0.717, 1.165) is 0 Å². The smallest absolute Gasteiger partial charge is 0.0869 e. The van der Waals surface area contributed by atoms with Crippen molar-refractivity contribution in [3.05, 3.63) is 35.4 Å². The fourth-order valence-electron chi connectivity index (χ4n) is 3.00. The quantitative estimate of drug-likeness (QED) is 0.835. The lowest BCUT2D eigenvalue weighted by atomic mass is 9.75. The van der Waals surface area contributed by atoms with Gasteiger partial charge in [0.05, 0.1) is 5.60 Å². The molecule has 3 heteroatoms. The van der Waals surface area contributed by atoms with Crippen molar-refractivity contribution < 1.29 is 5.11 Å². The summed E-state index contributed by atoms with van der Waals surface area (Å²) in [5.74, 6) is 0.687. The Bertz CT molecular complexity index is 419. The van der Waals surface area contributed by atoms with Crippen molar-refractivity contribution >= 4 is 0 Å². The van der Waals surface area contributed by atoms with Gasteiger partial charge in [0.1, 0.15) is 0 Å². The zero-order chi connectivity index (χ0) is 14.8. The highest BCUT2D eigenvalue weighted by atomic mass is 16.3. The molecule has 0 spiro atoms. The largest absolute Gasteiger partial charge is 0.388 e. The molecule has 0 saturated heterocycles. The van der Waals surface area contributed by atoms with E-state index in [4.69, 9.17) is 0 Å². The Balaban J connectivity index is 1.73. The lowest BCUT2D eigenvalue weighted by molar-refractivity contribution is 0.0278. The second kappa shape index (κ2) is 6.25. The van der Waals surface area contributed by atoms with E-state index >= 15 is 0 Å². The Morgan fingerprint density at radius 1 is 1.25 bits per heavy atom. The SMILES string of the molecule is Cc1ccc(C2CC(NCC(C)(O)CN(C)C)C2)cc1. The van der Waals surface area contributed by atoms with Crippen molar-refractivity contribution in [2.75, 3.05) is 27.2 Å². The van der Waals surface area contributed by atoms with E-state index in [1.807, 2.05) is 25.9 Å². The van der Waals surface area contributed by atoms with E-state index in [-0.39, 0.29) is 0 Å². The molecule has 1 unspecified atom stereocenters. The van der Waals surface area contributed by atoms with Gasteiger partial charge in [0.25, 0.3) is 0 Å². The Kier molecular flexibility index (Phi) is 4.84. The van der Waals surface area contributed by atoms with Crippen molar-refractivity contribution in [2.24, 2.45) is 0 Å². The van der Waals surface area contributed by atoms with Crippen molar-refractivity contribution in [3.8, 4) is 0 Å². The minimum absolute atomic E-state index is 0.551. The van der Waals surface area contributed by atoms with E-state index in [1.165, 1.54) is 24.0 Å². The Hall–Kier alpha value is -0.900. The lowest BCUT2D eigenvalue weighted by Crippen LogP contribution is -2.50. The number of hydrogen-bond acceptors (Lipinski definition) is 3. The van der Waals surface area contributed by atoms with Crippen LogP contribution < -0.4 is 5.32 Å². The molecule has 3 nitrogen and oxygen atoms in total. The van der Waals surface area contributed by atoms with Gasteiger partial charge < -0.3 is 15.3 Å². The van der Waals surface area contributed by atoms with E-state index in [9.17, 15) is 5.11 Å². The van der Waals surface area contributed by atoms with Gasteiger partial charge in [0, 0.05) is 19.1 Å². The van der Waals surface area contributed by atoms with Gasteiger partial charge in [-0.1, -0.05) is 29.8 Å². The van der Waals surface area contributed by atoms with Crippen LogP contribution >= 0.6 is 0 Å². The van der Waals surface area contributed by atoms with Gasteiger partial charge in [-0.15, -0.1) is 0 Å². The molecule has 0 heterocycles. The van der Waals surface area contributed by atoms with Gasteiger partial charge >= 0.3 is 0 Å². The predicted octanol–water partition coefficient (Wildman–Crippen LogP) is 2.14. The summed E-state index contributed by atoms with van der Waals surface area (Å²) in [6.45, 7) is 5.38. The first-order chi connectivity index (χ1) is 9.35. The summed E-state index contributed by atoms with van der Waals surface area (Å²) in [5.41, 5.74) is 2.12. The first-order valence-corrected chi connectivity index (χ1v) is 7.53. The van der Waals surface area contributed by atoms with Crippen molar-refractivity contribution in [1.82, 2.24) is 10.2 Å². The maximum atomic E-state index is 10.3. The fourth-order valence-corrected chi connectivity index (χ4v) is 3.00. The maximum Gasteiger partial charge on any atom is 0.0869 e. The van der Waals surface area contributed by atoms with Gasteiger partial charge in [-0.2, -0.15) is 0 Å². The van der Waals surface area contributed by atoms with Crippen molar-refractivity contribution in [2.45, 2.75) is 44.2 Å². The molecule has 0 bridgehead atoms. The standard InChI is InChI=1S/C17H28N2O/c1-13-5-7-14(8-6-13)15-9-16(10-15)18-11-17(2,20)12-19(3)4/h5-8,15-16,18,20H,9-12H2,1-4H3. The molecule has 0 amide bonds. The summed E-state index contributed by atoms with van der Waals surface area (Å²) in [6.07, 6.45) is 2.36. The van der Waals surface area contributed by atoms with Gasteiger partial charge in [0.2, 0.25) is 0 Å². The maximum absolute atomic E-state index is 10.3. The average molecular weight is 276 g/mol. The number of likely N-dealkylation sites (N-methyl/N-ethyl adjacent to an activating group) is 1. The second-order valence-corrected chi connectivity index (χ2v) is 6.89. The molecular formula is C17H28N2O. The molecule has 0 aromatic heterocycles.